The van der Waals surface area contributed by atoms with Crippen molar-refractivity contribution >= 4 is 11.9 Å². The number of hydrogen-bond acceptors (Lipinski definition) is 4. The van der Waals surface area contributed by atoms with Gasteiger partial charge in [0.15, 0.2) is 0 Å². The molecular weight excluding hydrogens is 348 g/mol. The van der Waals surface area contributed by atoms with Gasteiger partial charge in [-0.1, -0.05) is 36.4 Å². The van der Waals surface area contributed by atoms with E-state index >= 15 is 0 Å². The molecule has 28 heavy (non-hydrogen) atoms. The molecule has 1 aliphatic rings. The third-order valence-electron chi connectivity index (χ3n) is 5.50. The quantitative estimate of drug-likeness (QED) is 0.703. The van der Waals surface area contributed by atoms with Crippen molar-refractivity contribution in [3.63, 3.8) is 0 Å². The Labute approximate surface area is 165 Å². The molecule has 0 radical (unpaired) electrons. The van der Waals surface area contributed by atoms with Gasteiger partial charge in [0.05, 0.1) is 0 Å². The predicted molar refractivity (Wildman–Crippen MR) is 112 cm³/mol. The zero-order valence-electron chi connectivity index (χ0n) is 16.3. The maximum absolute atomic E-state index is 13.1. The summed E-state index contributed by atoms with van der Waals surface area (Å²) in [4.78, 5) is 25.8. The Morgan fingerprint density at radius 2 is 1.50 bits per heavy atom. The van der Waals surface area contributed by atoms with Crippen LogP contribution in [0.25, 0.3) is 11.1 Å². The second-order valence-electron chi connectivity index (χ2n) is 7.10. The number of amides is 1. The van der Waals surface area contributed by atoms with E-state index in [1.165, 1.54) is 11.1 Å². The van der Waals surface area contributed by atoms with Crippen molar-refractivity contribution in [2.75, 3.05) is 31.1 Å². The van der Waals surface area contributed by atoms with Crippen molar-refractivity contribution in [1.82, 2.24) is 14.9 Å². The van der Waals surface area contributed by atoms with Crippen LogP contribution in [0.5, 0.6) is 0 Å². The maximum atomic E-state index is 13.1. The number of piperazine rings is 1. The summed E-state index contributed by atoms with van der Waals surface area (Å²) in [6, 6.07) is 16.2. The molecule has 2 aromatic carbocycles. The Morgan fingerprint density at radius 3 is 2.18 bits per heavy atom. The summed E-state index contributed by atoms with van der Waals surface area (Å²) in [6.45, 7) is 6.99. The minimum atomic E-state index is 0.105. The Bertz CT molecular complexity index is 965. The molecule has 0 unspecified atom stereocenters. The normalized spacial score (nSPS) is 14.2. The first-order valence-electron chi connectivity index (χ1n) is 9.62. The zero-order chi connectivity index (χ0) is 19.5. The number of benzene rings is 2. The zero-order valence-corrected chi connectivity index (χ0v) is 16.3. The number of rotatable bonds is 3. The average Bonchev–Trinajstić information content (AvgIpc) is 2.76. The first kappa shape index (κ1) is 18.2. The van der Waals surface area contributed by atoms with Crippen LogP contribution in [0.15, 0.2) is 60.9 Å². The molecule has 2 heterocycles. The summed E-state index contributed by atoms with van der Waals surface area (Å²) in [5, 5.41) is 0. The highest BCUT2D eigenvalue weighted by atomic mass is 16.2. The van der Waals surface area contributed by atoms with E-state index in [1.807, 2.05) is 42.2 Å². The van der Waals surface area contributed by atoms with E-state index in [4.69, 9.17) is 0 Å². The summed E-state index contributed by atoms with van der Waals surface area (Å²) < 4.78 is 0. The lowest BCUT2D eigenvalue weighted by molar-refractivity contribution is 0.0745. The molecule has 3 aromatic rings. The molecule has 0 aliphatic carbocycles. The number of nitrogens with zero attached hydrogens (tertiary/aromatic N) is 4. The van der Waals surface area contributed by atoms with Crippen molar-refractivity contribution < 1.29 is 4.79 Å². The third-order valence-corrected chi connectivity index (χ3v) is 5.50. The molecule has 1 saturated heterocycles. The Kier molecular flexibility index (Phi) is 5.06. The summed E-state index contributed by atoms with van der Waals surface area (Å²) in [5.74, 6) is 0.836. The third kappa shape index (κ3) is 3.48. The van der Waals surface area contributed by atoms with Crippen molar-refractivity contribution in [1.29, 1.82) is 0 Å². The number of hydrogen-bond donors (Lipinski definition) is 0. The van der Waals surface area contributed by atoms with Crippen LogP contribution in [-0.2, 0) is 0 Å². The highest BCUT2D eigenvalue weighted by molar-refractivity contribution is 5.97. The van der Waals surface area contributed by atoms with E-state index in [0.29, 0.717) is 13.1 Å². The van der Waals surface area contributed by atoms with Crippen LogP contribution in [0.4, 0.5) is 5.95 Å². The largest absolute Gasteiger partial charge is 0.337 e. The van der Waals surface area contributed by atoms with E-state index in [2.05, 4.69) is 40.0 Å². The molecule has 1 aromatic heterocycles. The first-order valence-corrected chi connectivity index (χ1v) is 9.62. The molecule has 5 nitrogen and oxygen atoms in total. The van der Waals surface area contributed by atoms with E-state index in [-0.39, 0.29) is 5.91 Å². The molecule has 0 spiro atoms. The monoisotopic (exact) mass is 372 g/mol. The topological polar surface area (TPSA) is 49.3 Å². The standard InChI is InChI=1S/C23H24N4O/c1-17-18(2)21(10-9-20(17)19-7-4-3-5-8-19)22(28)26-13-15-27(16-14-26)23-24-11-6-12-25-23/h3-12H,13-16H2,1-2H3. The second kappa shape index (κ2) is 7.80. The Hall–Kier alpha value is -3.21. The van der Waals surface area contributed by atoms with Crippen LogP contribution in [0.1, 0.15) is 21.5 Å². The van der Waals surface area contributed by atoms with Gasteiger partial charge in [-0.2, -0.15) is 0 Å². The molecule has 0 atom stereocenters. The van der Waals surface area contributed by atoms with Gasteiger partial charge in [0.2, 0.25) is 5.95 Å². The lowest BCUT2D eigenvalue weighted by Gasteiger charge is -2.35. The fourth-order valence-electron chi connectivity index (χ4n) is 3.72. The highest BCUT2D eigenvalue weighted by Gasteiger charge is 2.25. The first-order chi connectivity index (χ1) is 13.6. The van der Waals surface area contributed by atoms with Gasteiger partial charge in [0.1, 0.15) is 0 Å². The molecule has 5 heteroatoms. The van der Waals surface area contributed by atoms with Gasteiger partial charge >= 0.3 is 0 Å². The Balaban J connectivity index is 1.51. The van der Waals surface area contributed by atoms with Gasteiger partial charge in [0.25, 0.3) is 5.91 Å². The molecule has 4 rings (SSSR count). The van der Waals surface area contributed by atoms with Gasteiger partial charge in [-0.15, -0.1) is 0 Å². The molecule has 0 bridgehead atoms. The van der Waals surface area contributed by atoms with Crippen LogP contribution >= 0.6 is 0 Å². The van der Waals surface area contributed by atoms with Gasteiger partial charge in [-0.25, -0.2) is 9.97 Å². The molecule has 1 fully saturated rings. The van der Waals surface area contributed by atoms with E-state index < -0.39 is 0 Å². The van der Waals surface area contributed by atoms with E-state index in [9.17, 15) is 4.79 Å². The van der Waals surface area contributed by atoms with E-state index in [0.717, 1.165) is 35.7 Å². The average molecular weight is 372 g/mol. The number of carbonyl (C=O) groups is 1. The van der Waals surface area contributed by atoms with Crippen molar-refractivity contribution in [2.45, 2.75) is 13.8 Å². The van der Waals surface area contributed by atoms with Crippen molar-refractivity contribution in [2.24, 2.45) is 0 Å². The van der Waals surface area contributed by atoms with Crippen molar-refractivity contribution in [3.8, 4) is 11.1 Å². The molecule has 0 saturated carbocycles. The maximum Gasteiger partial charge on any atom is 0.254 e. The lowest BCUT2D eigenvalue weighted by Crippen LogP contribution is -2.49. The van der Waals surface area contributed by atoms with Crippen molar-refractivity contribution in [3.05, 3.63) is 77.6 Å². The fraction of sp³-hybridized carbons (Fsp3) is 0.261. The Morgan fingerprint density at radius 1 is 0.821 bits per heavy atom. The molecule has 1 amide bonds. The number of anilines is 1. The predicted octanol–water partition coefficient (Wildman–Crippen LogP) is 3.72. The summed E-state index contributed by atoms with van der Waals surface area (Å²) in [7, 11) is 0. The minimum absolute atomic E-state index is 0.105. The van der Waals surface area contributed by atoms with Gasteiger partial charge in [-0.3, -0.25) is 4.79 Å². The molecule has 142 valence electrons. The SMILES string of the molecule is Cc1c(C(=O)N2CCN(c3ncccn3)CC2)ccc(-c2ccccc2)c1C. The summed E-state index contributed by atoms with van der Waals surface area (Å²) in [6.07, 6.45) is 3.50. The molecule has 1 aliphatic heterocycles. The summed E-state index contributed by atoms with van der Waals surface area (Å²) >= 11 is 0. The van der Waals surface area contributed by atoms with Gasteiger partial charge < -0.3 is 9.80 Å². The van der Waals surface area contributed by atoms with Crippen LogP contribution in [0, 0.1) is 13.8 Å². The van der Waals surface area contributed by atoms with Crippen LogP contribution < -0.4 is 4.90 Å². The fourth-order valence-corrected chi connectivity index (χ4v) is 3.72. The van der Waals surface area contributed by atoms with Gasteiger partial charge in [0, 0.05) is 44.1 Å². The second-order valence-corrected chi connectivity index (χ2v) is 7.10. The number of aromatic nitrogens is 2. The number of carbonyl (C=O) groups excluding carboxylic acids is 1. The van der Waals surface area contributed by atoms with Crippen LogP contribution in [0.2, 0.25) is 0 Å². The smallest absolute Gasteiger partial charge is 0.254 e. The lowest BCUT2D eigenvalue weighted by atomic mass is 9.93. The van der Waals surface area contributed by atoms with Crippen LogP contribution in [-0.4, -0.2) is 47.0 Å². The van der Waals surface area contributed by atoms with Gasteiger partial charge in [-0.05, 0) is 48.2 Å². The summed E-state index contributed by atoms with van der Waals surface area (Å²) in [5.41, 5.74) is 5.37. The van der Waals surface area contributed by atoms with E-state index in [1.54, 1.807) is 12.4 Å². The highest BCUT2D eigenvalue weighted by Crippen LogP contribution is 2.28. The molecular formula is C23H24N4O. The molecule has 0 N–H and O–H groups in total. The minimum Gasteiger partial charge on any atom is -0.337 e. The van der Waals surface area contributed by atoms with Crippen LogP contribution in [0.3, 0.4) is 0 Å².